The first kappa shape index (κ1) is 14.0. The van der Waals surface area contributed by atoms with Crippen molar-refractivity contribution in [3.8, 4) is 5.75 Å². The summed E-state index contributed by atoms with van der Waals surface area (Å²) in [5.74, 6) is 0.552. The Bertz CT molecular complexity index is 684. The number of amides is 1. The van der Waals surface area contributed by atoms with Crippen molar-refractivity contribution in [3.05, 3.63) is 64.2 Å². The van der Waals surface area contributed by atoms with Gasteiger partial charge in [0, 0.05) is 17.1 Å². The molecule has 3 nitrogen and oxygen atoms in total. The van der Waals surface area contributed by atoms with Crippen LogP contribution in [0.3, 0.4) is 0 Å². The van der Waals surface area contributed by atoms with Crippen molar-refractivity contribution >= 4 is 17.5 Å². The van der Waals surface area contributed by atoms with Gasteiger partial charge in [0.25, 0.3) is 0 Å². The highest BCUT2D eigenvalue weighted by molar-refractivity contribution is 6.30. The number of hydrogen-bond donors (Lipinski definition) is 1. The molecule has 2 aromatic rings. The molecule has 0 spiro atoms. The standard InChI is InChI=1S/C17H16ClNO2/c1-11-6-7-13(18)8-12(11)9-19-17(20)15-10-21-16-5-3-2-4-14(15)16/h2-8,15H,9-10H2,1H3,(H,19,20)/t15-/m0/s1. The molecule has 3 rings (SSSR count). The zero-order chi connectivity index (χ0) is 14.8. The van der Waals surface area contributed by atoms with Crippen molar-refractivity contribution in [2.45, 2.75) is 19.4 Å². The lowest BCUT2D eigenvalue weighted by Crippen LogP contribution is -2.30. The summed E-state index contributed by atoms with van der Waals surface area (Å²) < 4.78 is 5.55. The lowest BCUT2D eigenvalue weighted by atomic mass is 10.0. The Labute approximate surface area is 128 Å². The van der Waals surface area contributed by atoms with Gasteiger partial charge in [-0.2, -0.15) is 0 Å². The predicted molar refractivity (Wildman–Crippen MR) is 82.7 cm³/mol. The third kappa shape index (κ3) is 2.88. The minimum atomic E-state index is -0.235. The van der Waals surface area contributed by atoms with Crippen molar-refractivity contribution in [1.29, 1.82) is 0 Å². The van der Waals surface area contributed by atoms with E-state index in [1.54, 1.807) is 0 Å². The zero-order valence-electron chi connectivity index (χ0n) is 11.7. The highest BCUT2D eigenvalue weighted by Gasteiger charge is 2.29. The second-order valence-corrected chi connectivity index (χ2v) is 5.63. The van der Waals surface area contributed by atoms with Crippen LogP contribution in [0.4, 0.5) is 0 Å². The van der Waals surface area contributed by atoms with Gasteiger partial charge in [-0.3, -0.25) is 4.79 Å². The number of carbonyl (C=O) groups is 1. The molecule has 1 amide bonds. The Kier molecular flexibility index (Phi) is 3.84. The number of para-hydroxylation sites is 1. The molecule has 1 atom stereocenters. The Balaban J connectivity index is 1.69. The van der Waals surface area contributed by atoms with Gasteiger partial charge in [0.15, 0.2) is 0 Å². The molecule has 0 fully saturated rings. The van der Waals surface area contributed by atoms with Crippen LogP contribution in [-0.4, -0.2) is 12.5 Å². The first-order valence-electron chi connectivity index (χ1n) is 6.89. The molecule has 0 saturated heterocycles. The van der Waals surface area contributed by atoms with Gasteiger partial charge in [0.2, 0.25) is 5.91 Å². The Morgan fingerprint density at radius 3 is 3.00 bits per heavy atom. The number of aryl methyl sites for hydroxylation is 1. The molecule has 0 saturated carbocycles. The van der Waals surface area contributed by atoms with Gasteiger partial charge in [-0.25, -0.2) is 0 Å². The quantitative estimate of drug-likeness (QED) is 0.943. The van der Waals surface area contributed by atoms with E-state index >= 15 is 0 Å². The Hall–Kier alpha value is -2.00. The van der Waals surface area contributed by atoms with Crippen LogP contribution in [0.2, 0.25) is 5.02 Å². The van der Waals surface area contributed by atoms with Gasteiger partial charge >= 0.3 is 0 Å². The molecule has 1 N–H and O–H groups in total. The van der Waals surface area contributed by atoms with E-state index in [4.69, 9.17) is 16.3 Å². The summed E-state index contributed by atoms with van der Waals surface area (Å²) in [6.45, 7) is 2.88. The third-order valence-electron chi connectivity index (χ3n) is 3.78. The summed E-state index contributed by atoms with van der Waals surface area (Å²) in [4.78, 5) is 12.4. The van der Waals surface area contributed by atoms with Gasteiger partial charge in [-0.1, -0.05) is 35.9 Å². The van der Waals surface area contributed by atoms with Crippen molar-refractivity contribution in [1.82, 2.24) is 5.32 Å². The molecule has 1 heterocycles. The number of nitrogens with one attached hydrogen (secondary N) is 1. The van der Waals surface area contributed by atoms with Crippen molar-refractivity contribution in [2.24, 2.45) is 0 Å². The number of fused-ring (bicyclic) bond motifs is 1. The molecule has 4 heteroatoms. The molecule has 2 aromatic carbocycles. The van der Waals surface area contributed by atoms with E-state index < -0.39 is 0 Å². The van der Waals surface area contributed by atoms with Crippen LogP contribution in [0.5, 0.6) is 5.75 Å². The van der Waals surface area contributed by atoms with Crippen LogP contribution >= 0.6 is 11.6 Å². The zero-order valence-corrected chi connectivity index (χ0v) is 12.5. The molecule has 0 aliphatic carbocycles. The van der Waals surface area contributed by atoms with Crippen LogP contribution in [0, 0.1) is 6.92 Å². The fourth-order valence-electron chi connectivity index (χ4n) is 2.52. The van der Waals surface area contributed by atoms with Gasteiger partial charge in [-0.15, -0.1) is 0 Å². The number of carbonyl (C=O) groups excluding carboxylic acids is 1. The van der Waals surface area contributed by atoms with Gasteiger partial charge in [-0.05, 0) is 36.2 Å². The Morgan fingerprint density at radius 2 is 2.14 bits per heavy atom. The molecule has 1 aliphatic heterocycles. The molecule has 0 bridgehead atoms. The first-order valence-corrected chi connectivity index (χ1v) is 7.27. The fourth-order valence-corrected chi connectivity index (χ4v) is 2.71. The average molecular weight is 302 g/mol. The number of halogens is 1. The minimum Gasteiger partial charge on any atom is -0.492 e. The molecule has 0 radical (unpaired) electrons. The SMILES string of the molecule is Cc1ccc(Cl)cc1CNC(=O)[C@H]1COc2ccccc21. The van der Waals surface area contributed by atoms with E-state index in [0.717, 1.165) is 22.4 Å². The van der Waals surface area contributed by atoms with Crippen LogP contribution in [0.1, 0.15) is 22.6 Å². The Morgan fingerprint density at radius 1 is 1.33 bits per heavy atom. The lowest BCUT2D eigenvalue weighted by molar-refractivity contribution is -0.122. The smallest absolute Gasteiger partial charge is 0.231 e. The van der Waals surface area contributed by atoms with Crippen molar-refractivity contribution in [2.75, 3.05) is 6.61 Å². The van der Waals surface area contributed by atoms with Crippen molar-refractivity contribution < 1.29 is 9.53 Å². The predicted octanol–water partition coefficient (Wildman–Crippen LogP) is 3.44. The van der Waals surface area contributed by atoms with Crippen LogP contribution in [0.25, 0.3) is 0 Å². The van der Waals surface area contributed by atoms with E-state index in [1.807, 2.05) is 49.4 Å². The van der Waals surface area contributed by atoms with E-state index in [1.165, 1.54) is 0 Å². The van der Waals surface area contributed by atoms with Gasteiger partial charge in [0.05, 0.1) is 0 Å². The van der Waals surface area contributed by atoms with Crippen LogP contribution in [0.15, 0.2) is 42.5 Å². The summed E-state index contributed by atoms with van der Waals surface area (Å²) in [7, 11) is 0. The average Bonchev–Trinajstić information content (AvgIpc) is 2.92. The number of rotatable bonds is 3. The second-order valence-electron chi connectivity index (χ2n) is 5.19. The summed E-state index contributed by atoms with van der Waals surface area (Å²) in [6, 6.07) is 13.4. The van der Waals surface area contributed by atoms with Crippen LogP contribution in [-0.2, 0) is 11.3 Å². The minimum absolute atomic E-state index is 0.0145. The van der Waals surface area contributed by atoms with Gasteiger partial charge < -0.3 is 10.1 Å². The van der Waals surface area contributed by atoms with E-state index in [9.17, 15) is 4.79 Å². The monoisotopic (exact) mass is 301 g/mol. The van der Waals surface area contributed by atoms with Crippen LogP contribution < -0.4 is 10.1 Å². The maximum absolute atomic E-state index is 12.4. The lowest BCUT2D eigenvalue weighted by Gasteiger charge is -2.12. The normalized spacial score (nSPS) is 16.2. The summed E-state index contributed by atoms with van der Waals surface area (Å²) >= 11 is 5.99. The molecule has 0 unspecified atom stereocenters. The third-order valence-corrected chi connectivity index (χ3v) is 4.02. The molecule has 21 heavy (non-hydrogen) atoms. The maximum atomic E-state index is 12.4. The fraction of sp³-hybridized carbons (Fsp3) is 0.235. The molecule has 108 valence electrons. The maximum Gasteiger partial charge on any atom is 0.231 e. The van der Waals surface area contributed by atoms with Crippen molar-refractivity contribution in [3.63, 3.8) is 0 Å². The van der Waals surface area contributed by atoms with E-state index in [0.29, 0.717) is 18.2 Å². The molecule has 0 aromatic heterocycles. The second kappa shape index (κ2) is 5.78. The van der Waals surface area contributed by atoms with E-state index in [2.05, 4.69) is 5.32 Å². The number of ether oxygens (including phenoxy) is 1. The first-order chi connectivity index (χ1) is 10.1. The highest BCUT2D eigenvalue weighted by atomic mass is 35.5. The van der Waals surface area contributed by atoms with E-state index in [-0.39, 0.29) is 11.8 Å². The summed E-state index contributed by atoms with van der Waals surface area (Å²) in [5.41, 5.74) is 3.10. The molecule has 1 aliphatic rings. The summed E-state index contributed by atoms with van der Waals surface area (Å²) in [5, 5.41) is 3.65. The summed E-state index contributed by atoms with van der Waals surface area (Å²) in [6.07, 6.45) is 0. The molecular formula is C17H16ClNO2. The van der Waals surface area contributed by atoms with Gasteiger partial charge in [0.1, 0.15) is 18.3 Å². The number of benzene rings is 2. The largest absolute Gasteiger partial charge is 0.492 e. The number of hydrogen-bond acceptors (Lipinski definition) is 2. The highest BCUT2D eigenvalue weighted by Crippen LogP contribution is 2.33. The topological polar surface area (TPSA) is 38.3 Å². The molecular weight excluding hydrogens is 286 g/mol.